The van der Waals surface area contributed by atoms with Gasteiger partial charge in [-0.1, -0.05) is 6.42 Å². The number of nitrogens with zero attached hydrogens (tertiary/aromatic N) is 2. The molecule has 0 saturated heterocycles. The smallest absolute Gasteiger partial charge is 0.317 e. The zero-order valence-electron chi connectivity index (χ0n) is 13.8. The average Bonchev–Trinajstić information content (AvgIpc) is 2.81. The summed E-state index contributed by atoms with van der Waals surface area (Å²) in [5.41, 5.74) is 0.173. The van der Waals surface area contributed by atoms with Crippen molar-refractivity contribution in [3.05, 3.63) is 0 Å². The van der Waals surface area contributed by atoms with Gasteiger partial charge in [0, 0.05) is 31.8 Å². The van der Waals surface area contributed by atoms with Crippen LogP contribution in [0.4, 0.5) is 4.79 Å². The van der Waals surface area contributed by atoms with E-state index in [0.717, 1.165) is 32.2 Å². The van der Waals surface area contributed by atoms with Crippen molar-refractivity contribution in [3.8, 4) is 0 Å². The van der Waals surface area contributed by atoms with Crippen molar-refractivity contribution in [2.75, 3.05) is 34.3 Å². The van der Waals surface area contributed by atoms with E-state index in [1.807, 2.05) is 11.9 Å². The number of hydrogen-bond donors (Lipinski definition) is 2. The standard InChI is InChI=1S/C16H31N3O2/c1-18(2)16(9-5-10-16)12-19(3)15(21)17-14-7-4-6-13(14)8-11-20/h13-14,20H,4-12H2,1-3H3,(H,17,21)/t13-,14-/m0/s1. The summed E-state index contributed by atoms with van der Waals surface area (Å²) in [6, 6.07) is 0.279. The van der Waals surface area contributed by atoms with E-state index in [1.54, 1.807) is 0 Å². The van der Waals surface area contributed by atoms with Crippen LogP contribution in [0.5, 0.6) is 0 Å². The maximum absolute atomic E-state index is 12.4. The zero-order valence-corrected chi connectivity index (χ0v) is 13.8. The molecule has 2 aliphatic rings. The minimum absolute atomic E-state index is 0.0398. The largest absolute Gasteiger partial charge is 0.396 e. The topological polar surface area (TPSA) is 55.8 Å². The Morgan fingerprint density at radius 1 is 1.24 bits per heavy atom. The molecule has 0 aromatic carbocycles. The lowest BCUT2D eigenvalue weighted by molar-refractivity contribution is 0.0358. The summed E-state index contributed by atoms with van der Waals surface area (Å²) in [4.78, 5) is 16.5. The summed E-state index contributed by atoms with van der Waals surface area (Å²) in [5, 5.41) is 12.3. The number of hydrogen-bond acceptors (Lipinski definition) is 3. The van der Waals surface area contributed by atoms with Gasteiger partial charge < -0.3 is 20.2 Å². The predicted octanol–water partition coefficient (Wildman–Crippen LogP) is 1.66. The number of aliphatic hydroxyl groups excluding tert-OH is 1. The summed E-state index contributed by atoms with van der Waals surface area (Å²) in [7, 11) is 6.12. The first-order valence-corrected chi connectivity index (χ1v) is 8.28. The fourth-order valence-electron chi connectivity index (χ4n) is 3.85. The zero-order chi connectivity index (χ0) is 15.5. The van der Waals surface area contributed by atoms with Crippen molar-refractivity contribution in [1.29, 1.82) is 0 Å². The van der Waals surface area contributed by atoms with Crippen LogP contribution >= 0.6 is 0 Å². The molecule has 0 unspecified atom stereocenters. The first kappa shape index (κ1) is 16.6. The average molecular weight is 297 g/mol. The number of likely N-dealkylation sites (N-methyl/N-ethyl adjacent to an activating group) is 2. The highest BCUT2D eigenvalue weighted by atomic mass is 16.3. The van der Waals surface area contributed by atoms with Crippen LogP contribution in [0.3, 0.4) is 0 Å². The molecule has 5 heteroatoms. The van der Waals surface area contributed by atoms with Crippen molar-refractivity contribution >= 4 is 6.03 Å². The second-order valence-electron chi connectivity index (χ2n) is 7.09. The van der Waals surface area contributed by atoms with Gasteiger partial charge >= 0.3 is 6.03 Å². The Morgan fingerprint density at radius 3 is 2.48 bits per heavy atom. The number of amides is 2. The van der Waals surface area contributed by atoms with Gasteiger partial charge in [0.1, 0.15) is 0 Å². The normalized spacial score (nSPS) is 27.5. The Kier molecular flexibility index (Phi) is 5.49. The molecule has 21 heavy (non-hydrogen) atoms. The van der Waals surface area contributed by atoms with Gasteiger partial charge in [-0.25, -0.2) is 4.79 Å². The Balaban J connectivity index is 1.85. The summed E-state index contributed by atoms with van der Waals surface area (Å²) < 4.78 is 0. The predicted molar refractivity (Wildman–Crippen MR) is 84.3 cm³/mol. The monoisotopic (exact) mass is 297 g/mol. The van der Waals surface area contributed by atoms with Gasteiger partial charge in [0.2, 0.25) is 0 Å². The van der Waals surface area contributed by atoms with Crippen LogP contribution in [-0.4, -0.2) is 66.8 Å². The third kappa shape index (κ3) is 3.69. The number of rotatable bonds is 6. The second-order valence-corrected chi connectivity index (χ2v) is 7.09. The minimum Gasteiger partial charge on any atom is -0.396 e. The number of urea groups is 1. The highest BCUT2D eigenvalue weighted by Gasteiger charge is 2.41. The molecule has 2 N–H and O–H groups in total. The van der Waals surface area contributed by atoms with Crippen molar-refractivity contribution in [3.63, 3.8) is 0 Å². The van der Waals surface area contributed by atoms with E-state index in [2.05, 4.69) is 24.3 Å². The Hall–Kier alpha value is -0.810. The van der Waals surface area contributed by atoms with E-state index >= 15 is 0 Å². The molecule has 2 rings (SSSR count). The Morgan fingerprint density at radius 2 is 1.95 bits per heavy atom. The summed E-state index contributed by atoms with van der Waals surface area (Å²) in [6.45, 7) is 1.01. The quantitative estimate of drug-likeness (QED) is 0.784. The van der Waals surface area contributed by atoms with Gasteiger partial charge in [-0.15, -0.1) is 0 Å². The Bertz CT molecular complexity index is 355. The first-order chi connectivity index (χ1) is 9.98. The van der Waals surface area contributed by atoms with E-state index < -0.39 is 0 Å². The molecule has 0 radical (unpaired) electrons. The fraction of sp³-hybridized carbons (Fsp3) is 0.938. The second kappa shape index (κ2) is 6.97. The molecule has 0 spiro atoms. The molecular weight excluding hydrogens is 266 g/mol. The third-order valence-corrected chi connectivity index (χ3v) is 5.58. The molecular formula is C16H31N3O2. The van der Waals surface area contributed by atoms with Gasteiger partial charge in [-0.2, -0.15) is 0 Å². The van der Waals surface area contributed by atoms with Crippen LogP contribution in [0.25, 0.3) is 0 Å². The van der Waals surface area contributed by atoms with Crippen LogP contribution in [0.2, 0.25) is 0 Å². The van der Waals surface area contributed by atoms with Gasteiger partial charge in [-0.05, 0) is 58.5 Å². The van der Waals surface area contributed by atoms with Crippen LogP contribution in [0, 0.1) is 5.92 Å². The highest BCUT2D eigenvalue weighted by molar-refractivity contribution is 5.74. The maximum Gasteiger partial charge on any atom is 0.317 e. The number of carbonyl (C=O) groups excluding carboxylic acids is 1. The van der Waals surface area contributed by atoms with Gasteiger partial charge in [0.25, 0.3) is 0 Å². The molecule has 2 saturated carbocycles. The van der Waals surface area contributed by atoms with Crippen LogP contribution in [0.1, 0.15) is 44.9 Å². The summed E-state index contributed by atoms with van der Waals surface area (Å²) >= 11 is 0. The van der Waals surface area contributed by atoms with E-state index in [1.165, 1.54) is 19.3 Å². The van der Waals surface area contributed by atoms with Gasteiger partial charge in [-0.3, -0.25) is 0 Å². The molecule has 2 atom stereocenters. The van der Waals surface area contributed by atoms with E-state index in [4.69, 9.17) is 5.11 Å². The van der Waals surface area contributed by atoms with Crippen molar-refractivity contribution in [2.24, 2.45) is 5.92 Å². The SMILES string of the molecule is CN(CC1(N(C)C)CCC1)C(=O)N[C@H]1CCC[C@H]1CCO. The summed E-state index contributed by atoms with van der Waals surface area (Å²) in [5.74, 6) is 0.443. The maximum atomic E-state index is 12.4. The van der Waals surface area contributed by atoms with Gasteiger partial charge in [0.05, 0.1) is 0 Å². The molecule has 5 nitrogen and oxygen atoms in total. The Labute approximate surface area is 128 Å². The van der Waals surface area contributed by atoms with Crippen LogP contribution in [0.15, 0.2) is 0 Å². The van der Waals surface area contributed by atoms with Crippen molar-refractivity contribution < 1.29 is 9.90 Å². The molecule has 122 valence electrons. The van der Waals surface area contributed by atoms with E-state index in [-0.39, 0.29) is 24.2 Å². The minimum atomic E-state index is 0.0398. The molecule has 0 aromatic heterocycles. The number of carbonyl (C=O) groups is 1. The number of aliphatic hydroxyl groups is 1. The lowest BCUT2D eigenvalue weighted by Crippen LogP contribution is -2.59. The molecule has 2 aliphatic carbocycles. The molecule has 0 bridgehead atoms. The highest BCUT2D eigenvalue weighted by Crippen LogP contribution is 2.36. The van der Waals surface area contributed by atoms with Crippen molar-refractivity contribution in [1.82, 2.24) is 15.1 Å². The third-order valence-electron chi connectivity index (χ3n) is 5.58. The molecule has 0 heterocycles. The van der Waals surface area contributed by atoms with Crippen molar-refractivity contribution in [2.45, 2.75) is 56.5 Å². The molecule has 2 fully saturated rings. The van der Waals surface area contributed by atoms with E-state index in [9.17, 15) is 4.79 Å². The molecule has 2 amide bonds. The first-order valence-electron chi connectivity index (χ1n) is 8.28. The van der Waals surface area contributed by atoms with E-state index in [0.29, 0.717) is 5.92 Å². The van der Waals surface area contributed by atoms with Crippen LogP contribution < -0.4 is 5.32 Å². The number of nitrogens with one attached hydrogen (secondary N) is 1. The van der Waals surface area contributed by atoms with Gasteiger partial charge in [0.15, 0.2) is 0 Å². The fourth-order valence-corrected chi connectivity index (χ4v) is 3.85. The lowest BCUT2D eigenvalue weighted by atomic mass is 9.75. The molecule has 0 aromatic rings. The van der Waals surface area contributed by atoms with Crippen LogP contribution in [-0.2, 0) is 0 Å². The summed E-state index contributed by atoms with van der Waals surface area (Å²) in [6.07, 6.45) is 7.73. The molecule has 0 aliphatic heterocycles. The lowest BCUT2D eigenvalue weighted by Gasteiger charge is -2.49.